The first-order valence-corrected chi connectivity index (χ1v) is 10.2. The summed E-state index contributed by atoms with van der Waals surface area (Å²) in [6.45, 7) is 3.36. The van der Waals surface area contributed by atoms with E-state index in [1.165, 1.54) is 45.1 Å². The molecule has 1 heterocycles. The number of hydrogen-bond donors (Lipinski definition) is 0. The van der Waals surface area contributed by atoms with Gasteiger partial charge in [0.1, 0.15) is 0 Å². The lowest BCUT2D eigenvalue weighted by Crippen LogP contribution is -2.50. The molecule has 1 atom stereocenters. The summed E-state index contributed by atoms with van der Waals surface area (Å²) in [4.78, 5) is 2.45. The van der Waals surface area contributed by atoms with Crippen molar-refractivity contribution in [3.63, 3.8) is 0 Å². The first-order valence-electron chi connectivity index (χ1n) is 10.2. The fourth-order valence-electron chi connectivity index (χ4n) is 6.44. The second kappa shape index (κ2) is 6.19. The smallest absolute Gasteiger partial charge is 0.247 e. The van der Waals surface area contributed by atoms with E-state index >= 15 is 0 Å². The van der Waals surface area contributed by atoms with E-state index in [9.17, 15) is 0 Å². The fraction of sp³-hybridized carbons (Fsp3) is 0.636. The van der Waals surface area contributed by atoms with Crippen molar-refractivity contribution >= 4 is 0 Å². The third kappa shape index (κ3) is 2.88. The predicted octanol–water partition coefficient (Wildman–Crippen LogP) is 4.95. The van der Waals surface area contributed by atoms with Crippen molar-refractivity contribution < 1.29 is 4.42 Å². The fourth-order valence-corrected chi connectivity index (χ4v) is 6.44. The molecule has 4 fully saturated rings. The second-order valence-electron chi connectivity index (χ2n) is 9.32. The molecule has 138 valence electrons. The molecule has 2 aromatic rings. The van der Waals surface area contributed by atoms with E-state index in [4.69, 9.17) is 4.42 Å². The minimum atomic E-state index is 0.160. The van der Waals surface area contributed by atoms with Crippen molar-refractivity contribution in [1.29, 1.82) is 0 Å². The van der Waals surface area contributed by atoms with Crippen LogP contribution in [0.3, 0.4) is 0 Å². The first kappa shape index (κ1) is 16.5. The molecule has 0 radical (unpaired) electrons. The SMILES string of the molecule is C[C@H](c1nnc(-c2ccccc2)o1)N(C)CC12CC3CC(CC(C3)C1)C2. The normalized spacial score (nSPS) is 33.7. The van der Waals surface area contributed by atoms with Crippen molar-refractivity contribution in [1.82, 2.24) is 15.1 Å². The van der Waals surface area contributed by atoms with Gasteiger partial charge in [-0.25, -0.2) is 0 Å². The Morgan fingerprint density at radius 2 is 1.65 bits per heavy atom. The number of hydrogen-bond acceptors (Lipinski definition) is 4. The van der Waals surface area contributed by atoms with Gasteiger partial charge in [0, 0.05) is 12.1 Å². The molecular formula is C22H29N3O. The molecule has 4 aliphatic rings. The maximum atomic E-state index is 6.01. The van der Waals surface area contributed by atoms with Crippen LogP contribution in [0.4, 0.5) is 0 Å². The van der Waals surface area contributed by atoms with E-state index in [0.29, 0.717) is 11.3 Å². The molecule has 0 amide bonds. The van der Waals surface area contributed by atoms with Gasteiger partial charge < -0.3 is 4.42 Å². The van der Waals surface area contributed by atoms with Crippen LogP contribution < -0.4 is 0 Å². The average Bonchev–Trinajstić information content (AvgIpc) is 3.10. The van der Waals surface area contributed by atoms with Gasteiger partial charge in [0.25, 0.3) is 0 Å². The lowest BCUT2D eigenvalue weighted by molar-refractivity contribution is -0.0711. The lowest BCUT2D eigenvalue weighted by atomic mass is 9.49. The largest absolute Gasteiger partial charge is 0.419 e. The number of benzene rings is 1. The third-order valence-electron chi connectivity index (χ3n) is 7.23. The van der Waals surface area contributed by atoms with E-state index in [1.54, 1.807) is 0 Å². The summed E-state index contributed by atoms with van der Waals surface area (Å²) < 4.78 is 6.01. The molecule has 0 N–H and O–H groups in total. The van der Waals surface area contributed by atoms with Gasteiger partial charge in [-0.2, -0.15) is 0 Å². The Bertz CT molecular complexity index is 733. The van der Waals surface area contributed by atoms with Crippen LogP contribution in [-0.4, -0.2) is 28.7 Å². The van der Waals surface area contributed by atoms with Gasteiger partial charge in [-0.15, -0.1) is 10.2 Å². The molecule has 26 heavy (non-hydrogen) atoms. The zero-order chi connectivity index (χ0) is 17.7. The van der Waals surface area contributed by atoms with Crippen molar-refractivity contribution in [2.45, 2.75) is 51.5 Å². The van der Waals surface area contributed by atoms with Gasteiger partial charge in [-0.1, -0.05) is 18.2 Å². The van der Waals surface area contributed by atoms with Gasteiger partial charge in [-0.05, 0) is 87.8 Å². The van der Waals surface area contributed by atoms with Crippen LogP contribution >= 0.6 is 0 Å². The van der Waals surface area contributed by atoms with Gasteiger partial charge in [0.15, 0.2) is 0 Å². The van der Waals surface area contributed by atoms with Crippen LogP contribution in [0, 0.1) is 23.2 Å². The van der Waals surface area contributed by atoms with Crippen LogP contribution in [0.15, 0.2) is 34.7 Å². The molecule has 0 spiro atoms. The summed E-state index contributed by atoms with van der Waals surface area (Å²) in [5, 5.41) is 8.62. The van der Waals surface area contributed by atoms with E-state index in [1.807, 2.05) is 30.3 Å². The van der Waals surface area contributed by atoms with Crippen molar-refractivity contribution in [2.75, 3.05) is 13.6 Å². The van der Waals surface area contributed by atoms with Gasteiger partial charge >= 0.3 is 0 Å². The second-order valence-corrected chi connectivity index (χ2v) is 9.32. The highest BCUT2D eigenvalue weighted by Gasteiger charge is 2.51. The van der Waals surface area contributed by atoms with Crippen LogP contribution in [-0.2, 0) is 0 Å². The summed E-state index contributed by atoms with van der Waals surface area (Å²) in [6, 6.07) is 10.2. The summed E-state index contributed by atoms with van der Waals surface area (Å²) in [6.07, 6.45) is 8.83. The Morgan fingerprint density at radius 1 is 1.04 bits per heavy atom. The maximum Gasteiger partial charge on any atom is 0.247 e. The van der Waals surface area contributed by atoms with Crippen molar-refractivity contribution in [3.05, 3.63) is 36.2 Å². The van der Waals surface area contributed by atoms with Crippen LogP contribution in [0.1, 0.15) is 57.4 Å². The maximum absolute atomic E-state index is 6.01. The molecule has 0 aliphatic heterocycles. The molecule has 4 bridgehead atoms. The minimum Gasteiger partial charge on any atom is -0.419 e. The van der Waals surface area contributed by atoms with E-state index in [-0.39, 0.29) is 6.04 Å². The quantitative estimate of drug-likeness (QED) is 0.765. The van der Waals surface area contributed by atoms with Crippen molar-refractivity contribution in [2.24, 2.45) is 23.2 Å². The third-order valence-corrected chi connectivity index (χ3v) is 7.23. The first-order chi connectivity index (χ1) is 12.6. The summed E-state index contributed by atoms with van der Waals surface area (Å²) in [7, 11) is 2.23. The molecule has 4 heteroatoms. The highest BCUT2D eigenvalue weighted by molar-refractivity contribution is 5.51. The standard InChI is InChI=1S/C22H29N3O/c1-15(20-23-24-21(26-20)19-6-4-3-5-7-19)25(2)14-22-11-16-8-17(12-22)10-18(9-16)13-22/h3-7,15-18H,8-14H2,1-2H3/t15-,16?,17?,18?,22?/m1/s1. The summed E-state index contributed by atoms with van der Waals surface area (Å²) in [5.74, 6) is 4.35. The Kier molecular flexibility index (Phi) is 3.93. The molecule has 0 saturated heterocycles. The molecule has 1 aromatic carbocycles. The minimum absolute atomic E-state index is 0.160. The molecular weight excluding hydrogens is 322 g/mol. The lowest BCUT2D eigenvalue weighted by Gasteiger charge is -2.58. The van der Waals surface area contributed by atoms with Gasteiger partial charge in [-0.3, -0.25) is 4.90 Å². The topological polar surface area (TPSA) is 42.2 Å². The Morgan fingerprint density at radius 3 is 2.27 bits per heavy atom. The van der Waals surface area contributed by atoms with E-state index in [0.717, 1.165) is 29.2 Å². The Hall–Kier alpha value is -1.68. The molecule has 6 rings (SSSR count). The van der Waals surface area contributed by atoms with Crippen LogP contribution in [0.2, 0.25) is 0 Å². The monoisotopic (exact) mass is 351 g/mol. The van der Waals surface area contributed by atoms with Crippen LogP contribution in [0.5, 0.6) is 0 Å². The van der Waals surface area contributed by atoms with Gasteiger partial charge in [0.2, 0.25) is 11.8 Å². The number of aromatic nitrogens is 2. The summed E-state index contributed by atoms with van der Waals surface area (Å²) >= 11 is 0. The Balaban J connectivity index is 1.30. The molecule has 4 saturated carbocycles. The number of rotatable bonds is 5. The zero-order valence-electron chi connectivity index (χ0n) is 15.9. The molecule has 4 aliphatic carbocycles. The van der Waals surface area contributed by atoms with Gasteiger partial charge in [0.05, 0.1) is 6.04 Å². The zero-order valence-corrected chi connectivity index (χ0v) is 15.9. The van der Waals surface area contributed by atoms with Crippen molar-refractivity contribution in [3.8, 4) is 11.5 Å². The predicted molar refractivity (Wildman–Crippen MR) is 101 cm³/mol. The summed E-state index contributed by atoms with van der Waals surface area (Å²) in [5.41, 5.74) is 1.53. The highest BCUT2D eigenvalue weighted by Crippen LogP contribution is 2.60. The van der Waals surface area contributed by atoms with E-state index in [2.05, 4.69) is 29.1 Å². The highest BCUT2D eigenvalue weighted by atomic mass is 16.4. The average molecular weight is 351 g/mol. The Labute approximate surface area is 156 Å². The number of nitrogens with zero attached hydrogens (tertiary/aromatic N) is 3. The molecule has 0 unspecified atom stereocenters. The van der Waals surface area contributed by atoms with Crippen LogP contribution in [0.25, 0.3) is 11.5 Å². The van der Waals surface area contributed by atoms with E-state index < -0.39 is 0 Å². The molecule has 1 aromatic heterocycles. The molecule has 4 nitrogen and oxygen atoms in total.